The maximum Gasteiger partial charge on any atom is 0.406 e. The van der Waals surface area contributed by atoms with Crippen LogP contribution in [0.4, 0.5) is 4.79 Å². The summed E-state index contributed by atoms with van der Waals surface area (Å²) >= 11 is 1.13. The average Bonchev–Trinajstić information content (AvgIpc) is 2.97. The monoisotopic (exact) mass is 339 g/mol. The molecular formula is C13H13N3O6S. The molecule has 0 unspecified atom stereocenters. The molecule has 1 aromatic rings. The number of nitrogens with two attached hydrogens (primary N) is 1. The first-order valence-electron chi connectivity index (χ1n) is 6.50. The minimum atomic E-state index is -0.940. The van der Waals surface area contributed by atoms with E-state index in [9.17, 15) is 19.2 Å². The maximum atomic E-state index is 12.3. The Hall–Kier alpha value is -2.62. The van der Waals surface area contributed by atoms with Crippen LogP contribution in [0, 0.1) is 0 Å². The van der Waals surface area contributed by atoms with Crippen LogP contribution in [0.3, 0.4) is 0 Å². The second-order valence-corrected chi connectivity index (χ2v) is 5.56. The van der Waals surface area contributed by atoms with Crippen molar-refractivity contribution in [3.05, 3.63) is 28.0 Å². The highest BCUT2D eigenvalue weighted by molar-refractivity contribution is 8.04. The van der Waals surface area contributed by atoms with E-state index < -0.39 is 23.6 Å². The van der Waals surface area contributed by atoms with Gasteiger partial charge >= 0.3 is 6.09 Å². The van der Waals surface area contributed by atoms with E-state index in [2.05, 4.69) is 15.2 Å². The average molecular weight is 339 g/mol. The lowest BCUT2D eigenvalue weighted by Crippen LogP contribution is -2.24. The summed E-state index contributed by atoms with van der Waals surface area (Å²) in [6.07, 6.45) is 1.15. The predicted molar refractivity (Wildman–Crippen MR) is 79.2 cm³/mol. The Bertz CT molecular complexity index is 709. The van der Waals surface area contributed by atoms with Crippen molar-refractivity contribution >= 4 is 35.3 Å². The third-order valence-corrected chi connectivity index (χ3v) is 4.00. The van der Waals surface area contributed by atoms with Gasteiger partial charge in [-0.1, -0.05) is 5.16 Å². The van der Waals surface area contributed by atoms with E-state index in [0.717, 1.165) is 17.8 Å². The molecule has 0 saturated carbocycles. The Labute approximate surface area is 134 Å². The molecule has 0 fully saturated rings. The van der Waals surface area contributed by atoms with Crippen molar-refractivity contribution in [2.75, 3.05) is 19.4 Å². The smallest absolute Gasteiger partial charge is 0.406 e. The number of fused-ring (bicyclic) bond motifs is 1. The molecule has 1 heterocycles. The number of Topliss-reactive ketones (excluding diaryl/α,β-unsaturated/α-hetero) is 1. The molecule has 2 amide bonds. The number of nitrogens with one attached hydrogen (secondary N) is 1. The molecule has 10 heteroatoms. The van der Waals surface area contributed by atoms with Gasteiger partial charge in [0.15, 0.2) is 5.69 Å². The van der Waals surface area contributed by atoms with Gasteiger partial charge < -0.3 is 20.3 Å². The number of hydrogen-bond acceptors (Lipinski definition) is 8. The molecular weight excluding hydrogens is 326 g/mol. The van der Waals surface area contributed by atoms with Gasteiger partial charge in [-0.2, -0.15) is 0 Å². The van der Waals surface area contributed by atoms with E-state index in [0.29, 0.717) is 18.7 Å². The highest BCUT2D eigenvalue weighted by atomic mass is 32.2. The van der Waals surface area contributed by atoms with Crippen molar-refractivity contribution in [2.45, 2.75) is 6.42 Å². The number of aromatic nitrogens is 1. The Balaban J connectivity index is 2.00. The number of amides is 2. The Morgan fingerprint density at radius 1 is 1.43 bits per heavy atom. The minimum absolute atomic E-state index is 0.172. The van der Waals surface area contributed by atoms with E-state index in [1.807, 2.05) is 0 Å². The SMILES string of the molecule is COC(=O)NCCCSC1=CC(=O)c2onc(C(N)=O)c2C1=O. The fourth-order valence-corrected chi connectivity index (χ4v) is 2.77. The van der Waals surface area contributed by atoms with Crippen LogP contribution >= 0.6 is 11.8 Å². The number of allylic oxidation sites excluding steroid dienone is 2. The summed E-state index contributed by atoms with van der Waals surface area (Å²) in [4.78, 5) is 46.5. The number of hydrogen-bond donors (Lipinski definition) is 2. The number of ketones is 2. The Morgan fingerprint density at radius 3 is 2.83 bits per heavy atom. The predicted octanol–water partition coefficient (Wildman–Crippen LogP) is 0.516. The van der Waals surface area contributed by atoms with Crippen LogP contribution < -0.4 is 11.1 Å². The van der Waals surface area contributed by atoms with Gasteiger partial charge in [0, 0.05) is 12.6 Å². The topological polar surface area (TPSA) is 142 Å². The molecule has 0 aromatic carbocycles. The van der Waals surface area contributed by atoms with Gasteiger partial charge in [-0.25, -0.2) is 4.79 Å². The zero-order valence-electron chi connectivity index (χ0n) is 12.1. The second-order valence-electron chi connectivity index (χ2n) is 4.42. The van der Waals surface area contributed by atoms with Crippen LogP contribution in [0.15, 0.2) is 15.5 Å². The molecule has 3 N–H and O–H groups in total. The number of nitrogens with zero attached hydrogens (tertiary/aromatic N) is 1. The minimum Gasteiger partial charge on any atom is -0.453 e. The quantitative estimate of drug-likeness (QED) is 0.714. The number of thioether (sulfide) groups is 1. The number of ether oxygens (including phenoxy) is 1. The van der Waals surface area contributed by atoms with Gasteiger partial charge in [-0.3, -0.25) is 14.4 Å². The molecule has 9 nitrogen and oxygen atoms in total. The molecule has 0 aliphatic heterocycles. The Morgan fingerprint density at radius 2 is 2.17 bits per heavy atom. The summed E-state index contributed by atoms with van der Waals surface area (Å²) in [5, 5.41) is 5.87. The van der Waals surface area contributed by atoms with Crippen LogP contribution in [0.1, 0.15) is 37.8 Å². The fourth-order valence-electron chi connectivity index (χ4n) is 1.83. The van der Waals surface area contributed by atoms with Gasteiger partial charge in [0.2, 0.25) is 17.3 Å². The molecule has 0 atom stereocenters. The summed E-state index contributed by atoms with van der Waals surface area (Å²) < 4.78 is 9.14. The number of methoxy groups -OCH3 is 1. The highest BCUT2D eigenvalue weighted by Crippen LogP contribution is 2.30. The highest BCUT2D eigenvalue weighted by Gasteiger charge is 2.35. The molecule has 0 bridgehead atoms. The molecule has 1 aliphatic rings. The van der Waals surface area contributed by atoms with Gasteiger partial charge in [0.1, 0.15) is 5.56 Å². The van der Waals surface area contributed by atoms with E-state index in [1.54, 1.807) is 0 Å². The van der Waals surface area contributed by atoms with Crippen molar-refractivity contribution in [1.82, 2.24) is 10.5 Å². The standard InChI is InChI=1S/C13H13N3O6S/c1-21-13(20)15-3-2-4-23-7-5-6(17)11-8(10(7)18)9(12(14)19)16-22-11/h5H,2-4H2,1H3,(H2,14,19)(H,15,20). The number of primary amides is 1. The van der Waals surface area contributed by atoms with Crippen molar-refractivity contribution in [2.24, 2.45) is 5.73 Å². The van der Waals surface area contributed by atoms with Crippen LogP contribution in [0.5, 0.6) is 0 Å². The number of rotatable bonds is 6. The van der Waals surface area contributed by atoms with E-state index in [-0.39, 0.29) is 21.9 Å². The van der Waals surface area contributed by atoms with E-state index in [4.69, 9.17) is 10.3 Å². The summed E-state index contributed by atoms with van der Waals surface area (Å²) in [6, 6.07) is 0. The molecule has 1 aromatic heterocycles. The zero-order chi connectivity index (χ0) is 17.0. The third kappa shape index (κ3) is 3.59. The summed E-state index contributed by atoms with van der Waals surface area (Å²) in [7, 11) is 1.26. The van der Waals surface area contributed by atoms with Gasteiger partial charge in [-0.15, -0.1) is 11.8 Å². The van der Waals surface area contributed by atoms with Crippen molar-refractivity contribution < 1.29 is 28.4 Å². The first-order chi connectivity index (χ1) is 11.0. The Kier molecular flexibility index (Phi) is 5.16. The molecule has 0 spiro atoms. The number of carbonyl (C=O) groups is 4. The van der Waals surface area contributed by atoms with Crippen molar-refractivity contribution in [3.63, 3.8) is 0 Å². The van der Waals surface area contributed by atoms with Crippen molar-refractivity contribution in [3.8, 4) is 0 Å². The summed E-state index contributed by atoms with van der Waals surface area (Å²) in [5.41, 5.74) is 4.57. The third-order valence-electron chi connectivity index (χ3n) is 2.90. The normalized spacial score (nSPS) is 13.3. The van der Waals surface area contributed by atoms with E-state index >= 15 is 0 Å². The van der Waals surface area contributed by atoms with Crippen LogP contribution in [0.2, 0.25) is 0 Å². The van der Waals surface area contributed by atoms with Crippen LogP contribution in [-0.2, 0) is 4.74 Å². The van der Waals surface area contributed by atoms with Gasteiger partial charge in [-0.05, 0) is 12.2 Å². The number of carbonyl (C=O) groups excluding carboxylic acids is 4. The van der Waals surface area contributed by atoms with Gasteiger partial charge in [0.05, 0.1) is 12.0 Å². The molecule has 23 heavy (non-hydrogen) atoms. The van der Waals surface area contributed by atoms with Crippen LogP contribution in [0.25, 0.3) is 0 Å². The van der Waals surface area contributed by atoms with Crippen LogP contribution in [-0.4, -0.2) is 48.1 Å². The maximum absolute atomic E-state index is 12.3. The first kappa shape index (κ1) is 16.7. The van der Waals surface area contributed by atoms with E-state index in [1.165, 1.54) is 7.11 Å². The molecule has 1 aliphatic carbocycles. The molecule has 2 rings (SSSR count). The lowest BCUT2D eigenvalue weighted by atomic mass is 10.00. The second kappa shape index (κ2) is 7.09. The molecule has 122 valence electrons. The summed E-state index contributed by atoms with van der Waals surface area (Å²) in [6.45, 7) is 0.361. The first-order valence-corrected chi connectivity index (χ1v) is 7.49. The fraction of sp³-hybridized carbons (Fsp3) is 0.308. The lowest BCUT2D eigenvalue weighted by Gasteiger charge is -2.10. The largest absolute Gasteiger partial charge is 0.453 e. The number of alkyl carbamates (subject to hydrolysis) is 1. The van der Waals surface area contributed by atoms with Gasteiger partial charge in [0.25, 0.3) is 5.91 Å². The lowest BCUT2D eigenvalue weighted by molar-refractivity contribution is 0.0965. The molecule has 0 radical (unpaired) electrons. The summed E-state index contributed by atoms with van der Waals surface area (Å²) in [5.74, 6) is -1.82. The van der Waals surface area contributed by atoms with Crippen molar-refractivity contribution in [1.29, 1.82) is 0 Å². The zero-order valence-corrected chi connectivity index (χ0v) is 12.9. The molecule has 0 saturated heterocycles.